The van der Waals surface area contributed by atoms with E-state index in [0.717, 1.165) is 11.1 Å². The van der Waals surface area contributed by atoms with Crippen molar-refractivity contribution in [3.05, 3.63) is 71.3 Å². The zero-order valence-corrected chi connectivity index (χ0v) is 28.7. The molecule has 0 saturated heterocycles. The Morgan fingerprint density at radius 1 is 0.896 bits per heavy atom. The number of fused-ring (bicyclic) bond motifs is 18. The summed E-state index contributed by atoms with van der Waals surface area (Å²) >= 11 is 0. The highest BCUT2D eigenvalue weighted by Gasteiger charge is 2.29. The van der Waals surface area contributed by atoms with Crippen LogP contribution in [0.3, 0.4) is 0 Å². The molecular weight excluding hydrogens is 636 g/mol. The zero-order valence-electron chi connectivity index (χ0n) is 27.9. The van der Waals surface area contributed by atoms with Gasteiger partial charge in [-0.05, 0) is 61.8 Å². The molecule has 14 heteroatoms. The lowest BCUT2D eigenvalue weighted by molar-refractivity contribution is -0.132. The van der Waals surface area contributed by atoms with Crippen molar-refractivity contribution in [1.29, 1.82) is 0 Å². The van der Waals surface area contributed by atoms with E-state index >= 15 is 0 Å². The quantitative estimate of drug-likeness (QED) is 0.259. The van der Waals surface area contributed by atoms with Crippen LogP contribution < -0.4 is 26.4 Å². The number of sulfonamides is 1. The Morgan fingerprint density at radius 2 is 1.56 bits per heavy atom. The Morgan fingerprint density at radius 3 is 2.21 bits per heavy atom. The van der Waals surface area contributed by atoms with Crippen LogP contribution in [0.4, 0.5) is 0 Å². The van der Waals surface area contributed by atoms with Crippen LogP contribution in [0.25, 0.3) is 0 Å². The fourth-order valence-corrected chi connectivity index (χ4v) is 5.85. The van der Waals surface area contributed by atoms with Gasteiger partial charge in [0.15, 0.2) is 0 Å². The second-order valence-electron chi connectivity index (χ2n) is 12.6. The van der Waals surface area contributed by atoms with Crippen molar-refractivity contribution in [2.75, 3.05) is 18.8 Å². The van der Waals surface area contributed by atoms with Crippen LogP contribution in [0, 0.1) is 5.92 Å². The second kappa shape index (κ2) is 18.3. The molecule has 2 aliphatic heterocycles. The van der Waals surface area contributed by atoms with Crippen LogP contribution in [0.5, 0.6) is 0 Å². The lowest BCUT2D eigenvalue weighted by Crippen LogP contribution is -2.57. The molecule has 2 aromatic carbocycles. The van der Waals surface area contributed by atoms with Crippen LogP contribution >= 0.6 is 0 Å². The van der Waals surface area contributed by atoms with Gasteiger partial charge in [0, 0.05) is 38.0 Å². The van der Waals surface area contributed by atoms with E-state index in [4.69, 9.17) is 5.14 Å². The Balaban J connectivity index is 1.89. The second-order valence-corrected chi connectivity index (χ2v) is 14.4. The number of nitrogens with one attached hydrogen (secondary N) is 4. The number of rotatable bonds is 8. The number of amides is 5. The molecule has 2 aromatic rings. The number of nitrogens with two attached hydrogens (primary N) is 1. The van der Waals surface area contributed by atoms with Gasteiger partial charge in [-0.1, -0.05) is 56.3 Å². The van der Waals surface area contributed by atoms with Gasteiger partial charge in [0.2, 0.25) is 33.7 Å². The molecular formula is C34H48N6O7S. The minimum atomic E-state index is -3.70. The van der Waals surface area contributed by atoms with E-state index in [1.165, 1.54) is 0 Å². The van der Waals surface area contributed by atoms with Crippen LogP contribution in [0.15, 0.2) is 54.6 Å². The summed E-state index contributed by atoms with van der Waals surface area (Å²) in [7, 11) is -3.70. The highest BCUT2D eigenvalue weighted by molar-refractivity contribution is 7.89. The molecule has 5 amide bonds. The predicted octanol–water partition coefficient (Wildman–Crippen LogP) is 1.37. The topological polar surface area (TPSA) is 197 Å². The highest BCUT2D eigenvalue weighted by Crippen LogP contribution is 2.13. The molecule has 0 spiro atoms. The molecule has 0 fully saturated rings. The molecule has 2 bridgehead atoms. The standard InChI is InChI=1S/C34H48N6O7S/c1-23(2)20-28-33(44)37-24(3)31(42)36-17-7-8-18-40(30(41)12-9-19-48(35,46)47)22-26-13-15-27(16-14-26)32(43)38-29(34(45)39-28)21-25-10-5-4-6-11-25/h4-6,10-11,13-16,23-24,28-29H,7-9,12,17-22H2,1-3H3,(H,36,42)(H,37,44)(H,38,43)(H,39,45)(H2,35,46,47)/t24-,28+,29-/m1/s1. The minimum Gasteiger partial charge on any atom is -0.354 e. The number of nitrogens with zero attached hydrogens (tertiary/aromatic N) is 1. The fraction of sp³-hybridized carbons (Fsp3) is 0.500. The molecule has 2 aliphatic rings. The predicted molar refractivity (Wildman–Crippen MR) is 182 cm³/mol. The molecule has 3 atom stereocenters. The van der Waals surface area contributed by atoms with E-state index in [1.807, 2.05) is 44.2 Å². The Kier molecular flexibility index (Phi) is 14.5. The third-order valence-corrected chi connectivity index (χ3v) is 8.77. The molecule has 6 N–H and O–H groups in total. The first-order valence-corrected chi connectivity index (χ1v) is 18.0. The molecule has 0 aliphatic carbocycles. The van der Waals surface area contributed by atoms with Gasteiger partial charge in [-0.15, -0.1) is 0 Å². The number of carbonyl (C=O) groups is 5. The van der Waals surface area contributed by atoms with Crippen molar-refractivity contribution in [3.8, 4) is 0 Å². The molecule has 0 radical (unpaired) electrons. The van der Waals surface area contributed by atoms with Gasteiger partial charge >= 0.3 is 0 Å². The normalized spacial score (nSPS) is 20.7. The zero-order chi connectivity index (χ0) is 35.3. The molecule has 13 nitrogen and oxygen atoms in total. The summed E-state index contributed by atoms with van der Waals surface area (Å²) < 4.78 is 22.7. The van der Waals surface area contributed by atoms with Gasteiger partial charge in [0.25, 0.3) is 5.91 Å². The Bertz CT molecular complexity index is 1520. The molecule has 0 unspecified atom stereocenters. The number of primary sulfonamides is 1. The maximum atomic E-state index is 13.7. The largest absolute Gasteiger partial charge is 0.354 e. The summed E-state index contributed by atoms with van der Waals surface area (Å²) in [6.45, 7) is 6.28. The SMILES string of the molecule is CC(C)C[C@@H]1NC(=O)[C@@H](Cc2ccccc2)NC(=O)c2ccc(cc2)CN(C(=O)CCCS(N)(=O)=O)CCCCNC(=O)[C@@H](C)NC1=O. The Labute approximate surface area is 282 Å². The summed E-state index contributed by atoms with van der Waals surface area (Å²) in [5.74, 6) is -2.45. The highest BCUT2D eigenvalue weighted by atomic mass is 32.2. The van der Waals surface area contributed by atoms with Crippen molar-refractivity contribution in [2.45, 2.75) is 84.0 Å². The number of benzene rings is 2. The van der Waals surface area contributed by atoms with Crippen molar-refractivity contribution < 1.29 is 32.4 Å². The first-order valence-electron chi connectivity index (χ1n) is 16.3. The average molecular weight is 685 g/mol. The summed E-state index contributed by atoms with van der Waals surface area (Å²) in [6, 6.07) is 13.0. The van der Waals surface area contributed by atoms with Crippen LogP contribution in [-0.2, 0) is 42.2 Å². The number of hydrogen-bond donors (Lipinski definition) is 5. The van der Waals surface area contributed by atoms with E-state index in [0.29, 0.717) is 37.9 Å². The minimum absolute atomic E-state index is 0.00641. The van der Waals surface area contributed by atoms with E-state index in [2.05, 4.69) is 21.3 Å². The van der Waals surface area contributed by atoms with Crippen LogP contribution in [0.2, 0.25) is 0 Å². The average Bonchev–Trinajstić information content (AvgIpc) is 3.02. The molecule has 4 rings (SSSR count). The molecule has 48 heavy (non-hydrogen) atoms. The lowest BCUT2D eigenvalue weighted by atomic mass is 10.0. The third-order valence-electron chi connectivity index (χ3n) is 7.91. The summed E-state index contributed by atoms with van der Waals surface area (Å²) in [6.07, 6.45) is 1.66. The molecule has 0 saturated carbocycles. The van der Waals surface area contributed by atoms with E-state index in [9.17, 15) is 32.4 Å². The van der Waals surface area contributed by atoms with Crippen molar-refractivity contribution in [2.24, 2.45) is 11.1 Å². The maximum Gasteiger partial charge on any atom is 0.251 e. The summed E-state index contributed by atoms with van der Waals surface area (Å²) in [5, 5.41) is 16.2. The molecule has 0 aromatic heterocycles. The van der Waals surface area contributed by atoms with Gasteiger partial charge in [-0.3, -0.25) is 24.0 Å². The maximum absolute atomic E-state index is 13.7. The number of hydrogen-bond acceptors (Lipinski definition) is 7. The third kappa shape index (κ3) is 13.1. The van der Waals surface area contributed by atoms with E-state index < -0.39 is 51.8 Å². The van der Waals surface area contributed by atoms with Gasteiger partial charge in [-0.25, -0.2) is 13.6 Å². The number of carbonyl (C=O) groups excluding carboxylic acids is 5. The summed E-state index contributed by atoms with van der Waals surface area (Å²) in [4.78, 5) is 67.9. The molecule has 2 heterocycles. The first-order chi connectivity index (χ1) is 22.7. The Hall–Kier alpha value is -4.30. The van der Waals surface area contributed by atoms with Gasteiger partial charge in [0.05, 0.1) is 5.75 Å². The van der Waals surface area contributed by atoms with E-state index in [1.54, 1.807) is 36.1 Å². The van der Waals surface area contributed by atoms with Crippen LogP contribution in [-0.4, -0.2) is 79.8 Å². The van der Waals surface area contributed by atoms with Gasteiger partial charge in [0.1, 0.15) is 18.1 Å². The van der Waals surface area contributed by atoms with Gasteiger partial charge in [-0.2, -0.15) is 0 Å². The van der Waals surface area contributed by atoms with Gasteiger partial charge < -0.3 is 26.2 Å². The van der Waals surface area contributed by atoms with Crippen molar-refractivity contribution in [1.82, 2.24) is 26.2 Å². The smallest absolute Gasteiger partial charge is 0.251 e. The monoisotopic (exact) mass is 684 g/mol. The fourth-order valence-electron chi connectivity index (χ4n) is 5.30. The molecule has 262 valence electrons. The first kappa shape index (κ1) is 38.2. The van der Waals surface area contributed by atoms with E-state index in [-0.39, 0.29) is 43.4 Å². The van der Waals surface area contributed by atoms with Crippen molar-refractivity contribution >= 4 is 39.6 Å². The lowest BCUT2D eigenvalue weighted by Gasteiger charge is -2.25. The van der Waals surface area contributed by atoms with Crippen LogP contribution in [0.1, 0.15) is 74.4 Å². The summed E-state index contributed by atoms with van der Waals surface area (Å²) in [5.41, 5.74) is 1.86. The van der Waals surface area contributed by atoms with Crippen molar-refractivity contribution in [3.63, 3.8) is 0 Å².